The van der Waals surface area contributed by atoms with Crippen molar-refractivity contribution in [1.29, 1.82) is 0 Å². The number of ether oxygens (including phenoxy) is 2. The van der Waals surface area contributed by atoms with Crippen LogP contribution >= 0.6 is 0 Å². The van der Waals surface area contributed by atoms with Crippen molar-refractivity contribution in [3.63, 3.8) is 0 Å². The molecule has 0 unspecified atom stereocenters. The minimum Gasteiger partial charge on any atom is -0.459 e. The molecule has 0 aromatic heterocycles. The van der Waals surface area contributed by atoms with Gasteiger partial charge in [0.1, 0.15) is 6.10 Å². The lowest BCUT2D eigenvalue weighted by Gasteiger charge is -2.24. The molecule has 0 aliphatic carbocycles. The summed E-state index contributed by atoms with van der Waals surface area (Å²) in [6, 6.07) is 0. The summed E-state index contributed by atoms with van der Waals surface area (Å²) in [4.78, 5) is 11.1. The van der Waals surface area contributed by atoms with Gasteiger partial charge in [0.15, 0.2) is 0 Å². The smallest absolute Gasteiger partial charge is 0.330 e. The number of unbranched alkanes of at least 4 members (excludes halogenated alkanes) is 2. The van der Waals surface area contributed by atoms with Gasteiger partial charge in [-0.25, -0.2) is 4.79 Å². The lowest BCUT2D eigenvalue weighted by atomic mass is 9.99. The van der Waals surface area contributed by atoms with Crippen LogP contribution < -0.4 is 0 Å². The zero-order chi connectivity index (χ0) is 14.1. The molecule has 0 saturated heterocycles. The standard InChI is InChI=1S/C15H26O4/c1-3-4-5-7-13(18-2)10-12(16)11-14-8-6-9-15(17)19-14/h6,9,12-14,16H,3-5,7-8,10-11H2,1-2H3/t12-,13-,14+/m1/s1. The van der Waals surface area contributed by atoms with Crippen LogP contribution in [0.2, 0.25) is 0 Å². The van der Waals surface area contributed by atoms with Gasteiger partial charge in [-0.15, -0.1) is 0 Å². The number of rotatable bonds is 9. The van der Waals surface area contributed by atoms with Crippen LogP contribution in [0, 0.1) is 0 Å². The Morgan fingerprint density at radius 1 is 1.53 bits per heavy atom. The van der Waals surface area contributed by atoms with E-state index in [0.717, 1.165) is 12.8 Å². The van der Waals surface area contributed by atoms with Crippen LogP contribution in [0.5, 0.6) is 0 Å². The van der Waals surface area contributed by atoms with E-state index in [-0.39, 0.29) is 18.2 Å². The Kier molecular flexibility index (Phi) is 7.75. The van der Waals surface area contributed by atoms with Crippen molar-refractivity contribution >= 4 is 5.97 Å². The van der Waals surface area contributed by atoms with Gasteiger partial charge in [0, 0.05) is 26.0 Å². The average Bonchev–Trinajstić information content (AvgIpc) is 2.37. The van der Waals surface area contributed by atoms with E-state index in [1.807, 2.05) is 0 Å². The molecule has 1 rings (SSSR count). The molecular weight excluding hydrogens is 244 g/mol. The van der Waals surface area contributed by atoms with E-state index in [2.05, 4.69) is 6.92 Å². The second-order valence-corrected chi connectivity index (χ2v) is 5.18. The summed E-state index contributed by atoms with van der Waals surface area (Å²) >= 11 is 0. The summed E-state index contributed by atoms with van der Waals surface area (Å²) in [7, 11) is 1.69. The third-order valence-electron chi connectivity index (χ3n) is 3.47. The number of aliphatic hydroxyl groups is 1. The minimum atomic E-state index is -0.476. The van der Waals surface area contributed by atoms with Gasteiger partial charge in [0.05, 0.1) is 12.2 Å². The first kappa shape index (κ1) is 16.2. The van der Waals surface area contributed by atoms with Crippen LogP contribution in [0.4, 0.5) is 0 Å². The summed E-state index contributed by atoms with van der Waals surface area (Å²) in [5.41, 5.74) is 0. The van der Waals surface area contributed by atoms with Crippen LogP contribution in [0.3, 0.4) is 0 Å². The second-order valence-electron chi connectivity index (χ2n) is 5.18. The molecule has 0 radical (unpaired) electrons. The molecule has 1 N–H and O–H groups in total. The molecule has 1 heterocycles. The molecule has 1 aliphatic heterocycles. The van der Waals surface area contributed by atoms with Crippen molar-refractivity contribution < 1.29 is 19.4 Å². The lowest BCUT2D eigenvalue weighted by Crippen LogP contribution is -2.28. The SMILES string of the molecule is CCCCC[C@H](C[C@@H](O)C[C@@H]1CC=CC(=O)O1)OC. The van der Waals surface area contributed by atoms with Gasteiger partial charge in [-0.2, -0.15) is 0 Å². The Morgan fingerprint density at radius 2 is 2.32 bits per heavy atom. The summed E-state index contributed by atoms with van der Waals surface area (Å²) in [6.07, 6.45) is 8.94. The van der Waals surface area contributed by atoms with E-state index in [4.69, 9.17) is 9.47 Å². The quantitative estimate of drug-likeness (QED) is 0.517. The van der Waals surface area contributed by atoms with Crippen LogP contribution in [0.25, 0.3) is 0 Å². The number of hydrogen-bond acceptors (Lipinski definition) is 4. The maximum atomic E-state index is 11.1. The zero-order valence-corrected chi connectivity index (χ0v) is 12.0. The van der Waals surface area contributed by atoms with Crippen LogP contribution in [0.1, 0.15) is 51.9 Å². The first-order valence-corrected chi connectivity index (χ1v) is 7.23. The highest BCUT2D eigenvalue weighted by Gasteiger charge is 2.22. The van der Waals surface area contributed by atoms with Gasteiger partial charge in [0.25, 0.3) is 0 Å². The largest absolute Gasteiger partial charge is 0.459 e. The topological polar surface area (TPSA) is 55.8 Å². The number of aliphatic hydroxyl groups excluding tert-OH is 1. The van der Waals surface area contributed by atoms with E-state index >= 15 is 0 Å². The fraction of sp³-hybridized carbons (Fsp3) is 0.800. The monoisotopic (exact) mass is 270 g/mol. The van der Waals surface area contributed by atoms with Crippen LogP contribution in [0.15, 0.2) is 12.2 Å². The maximum absolute atomic E-state index is 11.1. The maximum Gasteiger partial charge on any atom is 0.330 e. The van der Waals surface area contributed by atoms with Gasteiger partial charge in [0.2, 0.25) is 0 Å². The summed E-state index contributed by atoms with van der Waals surface area (Å²) < 4.78 is 10.5. The van der Waals surface area contributed by atoms with Crippen molar-refractivity contribution in [3.05, 3.63) is 12.2 Å². The molecule has 0 saturated carbocycles. The van der Waals surface area contributed by atoms with Crippen molar-refractivity contribution in [2.75, 3.05) is 7.11 Å². The molecular formula is C15H26O4. The van der Waals surface area contributed by atoms with Crippen molar-refractivity contribution in [3.8, 4) is 0 Å². The minimum absolute atomic E-state index is 0.0939. The van der Waals surface area contributed by atoms with Crippen molar-refractivity contribution in [1.82, 2.24) is 0 Å². The molecule has 4 nitrogen and oxygen atoms in total. The van der Waals surface area contributed by atoms with E-state index in [9.17, 15) is 9.90 Å². The average molecular weight is 270 g/mol. The molecule has 0 fully saturated rings. The van der Waals surface area contributed by atoms with Gasteiger partial charge in [-0.05, 0) is 12.8 Å². The van der Waals surface area contributed by atoms with E-state index in [1.165, 1.54) is 18.9 Å². The first-order valence-electron chi connectivity index (χ1n) is 7.23. The molecule has 4 heteroatoms. The Balaban J connectivity index is 2.26. The zero-order valence-electron chi connectivity index (χ0n) is 12.0. The number of carbonyl (C=O) groups is 1. The highest BCUT2D eigenvalue weighted by Crippen LogP contribution is 2.18. The highest BCUT2D eigenvalue weighted by atomic mass is 16.5. The Hall–Kier alpha value is -0.870. The number of cyclic esters (lactones) is 1. The van der Waals surface area contributed by atoms with Gasteiger partial charge in [-0.3, -0.25) is 0 Å². The number of hydrogen-bond donors (Lipinski definition) is 1. The predicted molar refractivity (Wildman–Crippen MR) is 73.8 cm³/mol. The first-order chi connectivity index (χ1) is 9.15. The number of esters is 1. The predicted octanol–water partition coefficient (Wildman–Crippen LogP) is 2.59. The summed E-state index contributed by atoms with van der Waals surface area (Å²) in [5.74, 6) is -0.310. The van der Waals surface area contributed by atoms with Crippen molar-refractivity contribution in [2.45, 2.75) is 70.2 Å². The number of carbonyl (C=O) groups excluding carboxylic acids is 1. The molecule has 3 atom stereocenters. The third-order valence-corrected chi connectivity index (χ3v) is 3.47. The lowest BCUT2D eigenvalue weighted by molar-refractivity contribution is -0.145. The molecule has 1 aliphatic rings. The Morgan fingerprint density at radius 3 is 2.95 bits per heavy atom. The molecule has 110 valence electrons. The fourth-order valence-corrected chi connectivity index (χ4v) is 2.37. The molecule has 0 bridgehead atoms. The van der Waals surface area contributed by atoms with E-state index in [1.54, 1.807) is 13.2 Å². The van der Waals surface area contributed by atoms with Crippen molar-refractivity contribution in [2.24, 2.45) is 0 Å². The van der Waals surface area contributed by atoms with Crippen LogP contribution in [-0.2, 0) is 14.3 Å². The molecule has 0 aromatic carbocycles. The summed E-state index contributed by atoms with van der Waals surface area (Å²) in [5, 5.41) is 10.1. The Bertz CT molecular complexity index is 288. The number of methoxy groups -OCH3 is 1. The fourth-order valence-electron chi connectivity index (χ4n) is 2.37. The second kappa shape index (κ2) is 9.10. The van der Waals surface area contributed by atoms with Gasteiger partial charge >= 0.3 is 5.97 Å². The molecule has 0 aromatic rings. The summed E-state index contributed by atoms with van der Waals surface area (Å²) in [6.45, 7) is 2.17. The highest BCUT2D eigenvalue weighted by molar-refractivity contribution is 5.82. The normalized spacial score (nSPS) is 22.1. The van der Waals surface area contributed by atoms with Gasteiger partial charge < -0.3 is 14.6 Å². The third kappa shape index (κ3) is 6.73. The molecule has 0 spiro atoms. The molecule has 0 amide bonds. The Labute approximate surface area is 115 Å². The van der Waals surface area contributed by atoms with Gasteiger partial charge in [-0.1, -0.05) is 32.3 Å². The van der Waals surface area contributed by atoms with E-state index < -0.39 is 6.10 Å². The van der Waals surface area contributed by atoms with E-state index in [0.29, 0.717) is 19.3 Å². The van der Waals surface area contributed by atoms with Crippen LogP contribution in [-0.4, -0.2) is 36.5 Å². The molecule has 19 heavy (non-hydrogen) atoms.